The molecule has 5 rings (SSSR count). The van der Waals surface area contributed by atoms with Crippen LogP contribution in [0.2, 0.25) is 0 Å². The maximum Gasteiger partial charge on any atom is 0.111 e. The van der Waals surface area contributed by atoms with E-state index in [9.17, 15) is 5.11 Å². The van der Waals surface area contributed by atoms with E-state index in [0.29, 0.717) is 5.92 Å². The van der Waals surface area contributed by atoms with Crippen molar-refractivity contribution in [3.8, 4) is 0 Å². The molecular weight excluding hydrogens is 418 g/mol. The fourth-order valence-corrected chi connectivity index (χ4v) is 6.73. The minimum Gasteiger partial charge on any atom is -0.388 e. The third-order valence-corrected chi connectivity index (χ3v) is 9.00. The first-order valence-corrected chi connectivity index (χ1v) is 13.5. The van der Waals surface area contributed by atoms with Crippen molar-refractivity contribution in [2.45, 2.75) is 123 Å². The molecule has 1 N–H and O–H groups in total. The van der Waals surface area contributed by atoms with Crippen LogP contribution in [0, 0.1) is 5.41 Å². The summed E-state index contributed by atoms with van der Waals surface area (Å²) in [6.07, 6.45) is 6.71. The van der Waals surface area contributed by atoms with Crippen molar-refractivity contribution in [1.82, 2.24) is 4.98 Å². The summed E-state index contributed by atoms with van der Waals surface area (Å²) in [5.74, 6) is 0.308. The van der Waals surface area contributed by atoms with Gasteiger partial charge in [0.15, 0.2) is 0 Å². The van der Waals surface area contributed by atoms with E-state index in [0.717, 1.165) is 43.4 Å². The predicted molar refractivity (Wildman–Crippen MR) is 138 cm³/mol. The van der Waals surface area contributed by atoms with E-state index in [1.165, 1.54) is 40.8 Å². The number of aromatic nitrogens is 1. The molecule has 0 saturated heterocycles. The van der Waals surface area contributed by atoms with Gasteiger partial charge in [0.25, 0.3) is 0 Å². The Morgan fingerprint density at radius 3 is 2.32 bits per heavy atom. The van der Waals surface area contributed by atoms with Crippen molar-refractivity contribution >= 4 is 0 Å². The maximum absolute atomic E-state index is 11.4. The molecule has 2 aromatic rings. The van der Waals surface area contributed by atoms with Crippen LogP contribution in [0.25, 0.3) is 0 Å². The molecule has 2 heterocycles. The van der Waals surface area contributed by atoms with Crippen LogP contribution in [0.3, 0.4) is 0 Å². The van der Waals surface area contributed by atoms with E-state index < -0.39 is 6.10 Å². The highest BCUT2D eigenvalue weighted by atomic mass is 16.5. The van der Waals surface area contributed by atoms with Crippen LogP contribution in [-0.2, 0) is 22.2 Å². The molecule has 1 spiro atoms. The Kier molecular flexibility index (Phi) is 5.77. The van der Waals surface area contributed by atoms with Gasteiger partial charge in [0.2, 0.25) is 0 Å². The Labute approximate surface area is 206 Å². The number of rotatable bonds is 4. The van der Waals surface area contributed by atoms with E-state index in [1.807, 2.05) is 0 Å². The van der Waals surface area contributed by atoms with Crippen LogP contribution >= 0.6 is 0 Å². The molecular formula is C31H43NO2. The lowest BCUT2D eigenvalue weighted by atomic mass is 9.70. The molecule has 0 amide bonds. The second-order valence-electron chi connectivity index (χ2n) is 12.9. The molecule has 2 aliphatic carbocycles. The SMILES string of the molecule is CCC(C)(C)c1ccc([C@H]2OC3(CCCC3)c3c2c(C(C)C)nc2c3[C@@H](O)CC(C)(C)C2)cc1. The smallest absolute Gasteiger partial charge is 0.111 e. The van der Waals surface area contributed by atoms with Gasteiger partial charge < -0.3 is 9.84 Å². The number of hydrogen-bond acceptors (Lipinski definition) is 3. The minimum atomic E-state index is -0.464. The summed E-state index contributed by atoms with van der Waals surface area (Å²) in [6.45, 7) is 15.9. The topological polar surface area (TPSA) is 42.4 Å². The molecule has 2 atom stereocenters. The molecule has 1 aliphatic heterocycles. The van der Waals surface area contributed by atoms with E-state index in [4.69, 9.17) is 9.72 Å². The van der Waals surface area contributed by atoms with Crippen LogP contribution in [0.5, 0.6) is 0 Å². The fourth-order valence-electron chi connectivity index (χ4n) is 6.73. The predicted octanol–water partition coefficient (Wildman–Crippen LogP) is 7.79. The molecule has 1 fully saturated rings. The summed E-state index contributed by atoms with van der Waals surface area (Å²) in [4.78, 5) is 5.29. The molecule has 0 radical (unpaired) electrons. The number of hydrogen-bond donors (Lipinski definition) is 1. The Balaban J connectivity index is 1.71. The zero-order valence-corrected chi connectivity index (χ0v) is 22.3. The zero-order chi connectivity index (χ0) is 24.5. The van der Waals surface area contributed by atoms with Gasteiger partial charge in [-0.2, -0.15) is 0 Å². The van der Waals surface area contributed by atoms with Crippen LogP contribution in [-0.4, -0.2) is 10.1 Å². The van der Waals surface area contributed by atoms with Crippen LogP contribution in [0.4, 0.5) is 0 Å². The zero-order valence-electron chi connectivity index (χ0n) is 22.3. The number of benzene rings is 1. The molecule has 0 unspecified atom stereocenters. The largest absolute Gasteiger partial charge is 0.388 e. The highest BCUT2D eigenvalue weighted by molar-refractivity contribution is 5.54. The number of ether oxygens (including phenoxy) is 1. The van der Waals surface area contributed by atoms with Crippen molar-refractivity contribution in [1.29, 1.82) is 0 Å². The third-order valence-electron chi connectivity index (χ3n) is 9.00. The first-order chi connectivity index (χ1) is 16.0. The first-order valence-electron chi connectivity index (χ1n) is 13.5. The second kappa shape index (κ2) is 8.17. The quantitative estimate of drug-likeness (QED) is 0.505. The number of aliphatic hydroxyl groups is 1. The lowest BCUT2D eigenvalue weighted by Gasteiger charge is -2.38. The summed E-state index contributed by atoms with van der Waals surface area (Å²) in [7, 11) is 0. The monoisotopic (exact) mass is 461 g/mol. The van der Waals surface area contributed by atoms with Crippen molar-refractivity contribution in [2.24, 2.45) is 5.41 Å². The number of fused-ring (bicyclic) bond motifs is 4. The molecule has 1 aromatic heterocycles. The fraction of sp³-hybridized carbons (Fsp3) is 0.645. The summed E-state index contributed by atoms with van der Waals surface area (Å²) in [6, 6.07) is 9.13. The average Bonchev–Trinajstić information content (AvgIpc) is 3.38. The van der Waals surface area contributed by atoms with Gasteiger partial charge in [0.05, 0.1) is 11.7 Å². The van der Waals surface area contributed by atoms with Gasteiger partial charge >= 0.3 is 0 Å². The molecule has 3 aliphatic rings. The summed E-state index contributed by atoms with van der Waals surface area (Å²) >= 11 is 0. The highest BCUT2D eigenvalue weighted by Gasteiger charge is 2.52. The second-order valence-corrected chi connectivity index (χ2v) is 12.9. The molecule has 1 saturated carbocycles. The molecule has 184 valence electrons. The van der Waals surface area contributed by atoms with Gasteiger partial charge in [0, 0.05) is 22.5 Å². The Morgan fingerprint density at radius 2 is 1.74 bits per heavy atom. The minimum absolute atomic E-state index is 0.0610. The Hall–Kier alpha value is -1.71. The number of pyridine rings is 1. The van der Waals surface area contributed by atoms with Crippen molar-refractivity contribution in [3.05, 3.63) is 63.5 Å². The standard InChI is InChI=1S/C31H43NO2/c1-8-30(6,7)21-13-11-20(12-14-21)28-25-26(31(34-28)15-9-10-16-31)24-22(32-27(25)19(2)3)17-29(4,5)18-23(24)33/h11-14,19,23,28,33H,8-10,15-18H2,1-7H3/t23-,28+/m0/s1. The molecule has 3 nitrogen and oxygen atoms in total. The van der Waals surface area contributed by atoms with Gasteiger partial charge in [-0.3, -0.25) is 4.98 Å². The summed E-state index contributed by atoms with van der Waals surface area (Å²) in [5.41, 5.74) is 8.50. The molecule has 34 heavy (non-hydrogen) atoms. The van der Waals surface area contributed by atoms with Gasteiger partial charge in [-0.15, -0.1) is 0 Å². The Morgan fingerprint density at radius 1 is 1.09 bits per heavy atom. The van der Waals surface area contributed by atoms with Crippen molar-refractivity contribution in [3.63, 3.8) is 0 Å². The van der Waals surface area contributed by atoms with E-state index in [1.54, 1.807) is 0 Å². The van der Waals surface area contributed by atoms with Crippen molar-refractivity contribution in [2.75, 3.05) is 0 Å². The van der Waals surface area contributed by atoms with Gasteiger partial charge in [-0.05, 0) is 65.5 Å². The number of nitrogens with zero attached hydrogens (tertiary/aromatic N) is 1. The lowest BCUT2D eigenvalue weighted by molar-refractivity contribution is -0.0580. The van der Waals surface area contributed by atoms with E-state index in [-0.39, 0.29) is 22.5 Å². The van der Waals surface area contributed by atoms with Crippen LogP contribution < -0.4 is 0 Å². The normalized spacial score (nSPS) is 25.1. The van der Waals surface area contributed by atoms with Crippen LogP contribution in [0.15, 0.2) is 24.3 Å². The van der Waals surface area contributed by atoms with Crippen LogP contribution in [0.1, 0.15) is 144 Å². The summed E-state index contributed by atoms with van der Waals surface area (Å²) < 4.78 is 7.12. The van der Waals surface area contributed by atoms with Gasteiger partial charge in [-0.1, -0.05) is 85.6 Å². The van der Waals surface area contributed by atoms with E-state index in [2.05, 4.69) is 72.7 Å². The molecule has 0 bridgehead atoms. The van der Waals surface area contributed by atoms with Crippen molar-refractivity contribution < 1.29 is 9.84 Å². The molecule has 3 heteroatoms. The Bertz CT molecular complexity index is 1070. The van der Waals surface area contributed by atoms with E-state index >= 15 is 0 Å². The van der Waals surface area contributed by atoms with Gasteiger partial charge in [-0.25, -0.2) is 0 Å². The number of aliphatic hydroxyl groups excluding tert-OH is 1. The third kappa shape index (κ3) is 3.75. The molecule has 1 aromatic carbocycles. The van der Waals surface area contributed by atoms with Gasteiger partial charge in [0.1, 0.15) is 6.10 Å². The first kappa shape index (κ1) is 24.0. The lowest BCUT2D eigenvalue weighted by Crippen LogP contribution is -2.32. The summed E-state index contributed by atoms with van der Waals surface area (Å²) in [5, 5.41) is 11.4. The highest BCUT2D eigenvalue weighted by Crippen LogP contribution is 2.59. The average molecular weight is 462 g/mol. The maximum atomic E-state index is 11.4.